The third kappa shape index (κ3) is 2.33. The third-order valence-corrected chi connectivity index (χ3v) is 6.95. The van der Waals surface area contributed by atoms with Crippen LogP contribution in [0.15, 0.2) is 23.8 Å². The summed E-state index contributed by atoms with van der Waals surface area (Å²) in [5, 5.41) is 3.53. The fourth-order valence-corrected chi connectivity index (χ4v) is 4.79. The zero-order valence-corrected chi connectivity index (χ0v) is 16.9. The molecule has 0 saturated carbocycles. The summed E-state index contributed by atoms with van der Waals surface area (Å²) in [6.07, 6.45) is 4.45. The Balaban J connectivity index is 1.82. The van der Waals surface area contributed by atoms with Crippen molar-refractivity contribution in [1.82, 2.24) is 0 Å². The van der Waals surface area contributed by atoms with Crippen LogP contribution in [0.2, 0.25) is 0 Å². The van der Waals surface area contributed by atoms with Crippen molar-refractivity contribution < 1.29 is 13.7 Å². The van der Waals surface area contributed by atoms with E-state index in [1.54, 1.807) is 6.07 Å². The first kappa shape index (κ1) is 18.1. The third-order valence-electron chi connectivity index (χ3n) is 6.95. The number of benzene rings is 1. The minimum absolute atomic E-state index is 0.0732. The van der Waals surface area contributed by atoms with Gasteiger partial charge in [-0.15, -0.1) is 0 Å². The van der Waals surface area contributed by atoms with Gasteiger partial charge >= 0.3 is 7.12 Å². The Labute approximate surface area is 156 Å². The number of halogens is 1. The molecule has 2 aliphatic heterocycles. The summed E-state index contributed by atoms with van der Waals surface area (Å²) in [4.78, 5) is 0. The number of nitrogens with one attached hydrogen (secondary N) is 1. The van der Waals surface area contributed by atoms with Crippen LogP contribution in [0, 0.1) is 5.82 Å². The molecule has 2 heterocycles. The summed E-state index contributed by atoms with van der Waals surface area (Å²) in [5.74, 6) is -0.278. The first-order valence-electron chi connectivity index (χ1n) is 9.56. The lowest BCUT2D eigenvalue weighted by molar-refractivity contribution is 0.00578. The average molecular weight is 357 g/mol. The van der Waals surface area contributed by atoms with Crippen LogP contribution in [0.3, 0.4) is 0 Å². The molecule has 0 radical (unpaired) electrons. The van der Waals surface area contributed by atoms with E-state index < -0.39 is 18.3 Å². The predicted molar refractivity (Wildman–Crippen MR) is 104 cm³/mol. The highest BCUT2D eigenvalue weighted by molar-refractivity contribution is 6.62. The number of rotatable bonds is 1. The summed E-state index contributed by atoms with van der Waals surface area (Å²) >= 11 is 0. The molecule has 1 aliphatic carbocycles. The number of allylic oxidation sites excluding steroid dienone is 1. The molecular formula is C21H29BFNO2. The van der Waals surface area contributed by atoms with Gasteiger partial charge < -0.3 is 14.6 Å². The van der Waals surface area contributed by atoms with E-state index in [1.165, 1.54) is 5.57 Å². The summed E-state index contributed by atoms with van der Waals surface area (Å²) in [6.45, 7) is 14.6. The minimum atomic E-state index is -0.683. The molecule has 3 nitrogen and oxygen atoms in total. The molecule has 1 saturated heterocycles. The zero-order chi connectivity index (χ0) is 19.1. The van der Waals surface area contributed by atoms with Crippen molar-refractivity contribution in [3.63, 3.8) is 0 Å². The lowest BCUT2D eigenvalue weighted by atomic mass is 9.65. The monoisotopic (exact) mass is 357 g/mol. The molecule has 4 rings (SSSR count). The van der Waals surface area contributed by atoms with Crippen LogP contribution < -0.4 is 10.8 Å². The number of anilines is 1. The highest BCUT2D eigenvalue weighted by Crippen LogP contribution is 2.53. The second-order valence-electron chi connectivity index (χ2n) is 9.75. The van der Waals surface area contributed by atoms with Gasteiger partial charge in [-0.1, -0.05) is 19.1 Å². The Morgan fingerprint density at radius 2 is 1.62 bits per heavy atom. The molecule has 1 atom stereocenters. The minimum Gasteiger partial charge on any atom is -0.399 e. The van der Waals surface area contributed by atoms with E-state index in [-0.39, 0.29) is 16.8 Å². The van der Waals surface area contributed by atoms with Crippen molar-refractivity contribution in [2.75, 3.05) is 5.32 Å². The number of hydrogen-bond donors (Lipinski definition) is 1. The molecule has 0 spiro atoms. The Hall–Kier alpha value is -1.33. The fraction of sp³-hybridized carbons (Fsp3) is 0.619. The van der Waals surface area contributed by atoms with E-state index in [0.29, 0.717) is 5.46 Å². The molecule has 0 amide bonds. The van der Waals surface area contributed by atoms with Crippen LogP contribution in [0.5, 0.6) is 0 Å². The standard InChI is InChI=1S/C21H29BFNO2/c1-18(2)17-9-8-10-21(17,7)13-11-14(15(23)12-16(13)24-18)22-25-19(3,4)20(5,6)26-22/h9,11-12,24H,8,10H2,1-7H3. The van der Waals surface area contributed by atoms with Gasteiger partial charge in [-0.05, 0) is 71.6 Å². The van der Waals surface area contributed by atoms with Gasteiger partial charge in [0.25, 0.3) is 0 Å². The lowest BCUT2D eigenvalue weighted by Gasteiger charge is -2.46. The normalized spacial score (nSPS) is 30.5. The molecule has 1 fully saturated rings. The Morgan fingerprint density at radius 1 is 1.00 bits per heavy atom. The van der Waals surface area contributed by atoms with Crippen LogP contribution in [0.1, 0.15) is 66.9 Å². The molecule has 1 unspecified atom stereocenters. The van der Waals surface area contributed by atoms with Crippen molar-refractivity contribution in [3.8, 4) is 0 Å². The number of hydrogen-bond acceptors (Lipinski definition) is 3. The van der Waals surface area contributed by atoms with Crippen molar-refractivity contribution in [3.05, 3.63) is 35.2 Å². The lowest BCUT2D eigenvalue weighted by Crippen LogP contribution is -2.47. The maximum Gasteiger partial charge on any atom is 0.497 e. The van der Waals surface area contributed by atoms with Gasteiger partial charge in [-0.25, -0.2) is 4.39 Å². The summed E-state index contributed by atoms with van der Waals surface area (Å²) in [6, 6.07) is 3.59. The van der Waals surface area contributed by atoms with Gasteiger partial charge in [0.15, 0.2) is 0 Å². The zero-order valence-electron chi connectivity index (χ0n) is 16.9. The molecule has 140 valence electrons. The Kier molecular flexibility index (Phi) is 3.57. The molecular weight excluding hydrogens is 328 g/mol. The summed E-state index contributed by atoms with van der Waals surface area (Å²) < 4.78 is 27.3. The first-order valence-corrected chi connectivity index (χ1v) is 9.56. The SMILES string of the molecule is CC1(C)Nc2cc(F)c(B3OC(C)(C)C(C)(C)O3)cc2C2(C)CCC=C12. The smallest absolute Gasteiger partial charge is 0.399 e. The van der Waals surface area contributed by atoms with Crippen LogP contribution in [0.4, 0.5) is 10.1 Å². The van der Waals surface area contributed by atoms with Gasteiger partial charge in [-0.3, -0.25) is 0 Å². The Bertz CT molecular complexity index is 798. The van der Waals surface area contributed by atoms with Gasteiger partial charge in [-0.2, -0.15) is 0 Å². The van der Waals surface area contributed by atoms with Crippen LogP contribution >= 0.6 is 0 Å². The van der Waals surface area contributed by atoms with E-state index in [4.69, 9.17) is 9.31 Å². The van der Waals surface area contributed by atoms with Gasteiger partial charge in [0.05, 0.1) is 16.7 Å². The second kappa shape index (κ2) is 5.14. The van der Waals surface area contributed by atoms with E-state index in [1.807, 2.05) is 33.8 Å². The second-order valence-corrected chi connectivity index (χ2v) is 9.75. The maximum atomic E-state index is 15.0. The molecule has 1 N–H and O–H groups in total. The molecule has 5 heteroatoms. The first-order chi connectivity index (χ1) is 11.9. The molecule has 0 bridgehead atoms. The largest absolute Gasteiger partial charge is 0.497 e. The molecule has 1 aromatic rings. The van der Waals surface area contributed by atoms with E-state index in [2.05, 4.69) is 32.2 Å². The highest BCUT2D eigenvalue weighted by Gasteiger charge is 2.53. The molecule has 0 aromatic heterocycles. The van der Waals surface area contributed by atoms with E-state index >= 15 is 4.39 Å². The molecule has 26 heavy (non-hydrogen) atoms. The van der Waals surface area contributed by atoms with Gasteiger partial charge in [0.1, 0.15) is 5.82 Å². The van der Waals surface area contributed by atoms with Crippen molar-refractivity contribution >= 4 is 18.3 Å². The van der Waals surface area contributed by atoms with Crippen molar-refractivity contribution in [1.29, 1.82) is 0 Å². The van der Waals surface area contributed by atoms with Gasteiger partial charge in [0, 0.05) is 16.6 Å². The van der Waals surface area contributed by atoms with Crippen LogP contribution in [0.25, 0.3) is 0 Å². The van der Waals surface area contributed by atoms with Crippen LogP contribution in [-0.2, 0) is 14.7 Å². The molecule has 3 aliphatic rings. The average Bonchev–Trinajstić information content (AvgIpc) is 2.97. The van der Waals surface area contributed by atoms with E-state index in [9.17, 15) is 0 Å². The summed E-state index contributed by atoms with van der Waals surface area (Å²) in [5.41, 5.74) is 2.71. The van der Waals surface area contributed by atoms with Crippen LogP contribution in [-0.4, -0.2) is 23.9 Å². The number of fused-ring (bicyclic) bond motifs is 3. The maximum absolute atomic E-state index is 15.0. The molecule has 1 aromatic carbocycles. The van der Waals surface area contributed by atoms with Crippen molar-refractivity contribution in [2.45, 2.75) is 83.5 Å². The predicted octanol–water partition coefficient (Wildman–Crippen LogP) is 4.31. The quantitative estimate of drug-likeness (QED) is 0.600. The van der Waals surface area contributed by atoms with Gasteiger partial charge in [0.2, 0.25) is 0 Å². The van der Waals surface area contributed by atoms with E-state index in [0.717, 1.165) is 24.1 Å². The van der Waals surface area contributed by atoms with Crippen molar-refractivity contribution in [2.24, 2.45) is 0 Å². The fourth-order valence-electron chi connectivity index (χ4n) is 4.79. The summed E-state index contributed by atoms with van der Waals surface area (Å²) in [7, 11) is -0.683. The highest BCUT2D eigenvalue weighted by atomic mass is 19.1. The topological polar surface area (TPSA) is 30.5 Å². The Morgan fingerprint density at radius 3 is 2.23 bits per heavy atom.